The minimum atomic E-state index is -0.165. The van der Waals surface area contributed by atoms with Crippen molar-refractivity contribution < 1.29 is 9.90 Å². The number of H-pyrrole nitrogens is 1. The average Bonchev–Trinajstić information content (AvgIpc) is 3.39. The van der Waals surface area contributed by atoms with Crippen LogP contribution in [0.2, 0.25) is 0 Å². The molecule has 0 bridgehead atoms. The molecule has 1 aromatic heterocycles. The molecular formula is C22H26N4O2. The van der Waals surface area contributed by atoms with Gasteiger partial charge in [0.1, 0.15) is 22.6 Å². The number of nitrogens with one attached hydrogen (secondary N) is 3. The van der Waals surface area contributed by atoms with E-state index in [2.05, 4.69) is 32.7 Å². The zero-order chi connectivity index (χ0) is 19.5. The quantitative estimate of drug-likeness (QED) is 0.523. The molecule has 0 radical (unpaired) electrons. The Bertz CT molecular complexity index is 972. The first-order valence-corrected chi connectivity index (χ1v) is 9.92. The number of carbonyl (C=O) groups is 1. The van der Waals surface area contributed by atoms with Gasteiger partial charge in [-0.3, -0.25) is 4.79 Å². The number of amides is 1. The summed E-state index contributed by atoms with van der Waals surface area (Å²) < 4.78 is 0. The Morgan fingerprint density at radius 3 is 2.64 bits per heavy atom. The molecule has 4 N–H and O–H groups in total. The Morgan fingerprint density at radius 1 is 1.18 bits per heavy atom. The molecule has 1 amide bonds. The van der Waals surface area contributed by atoms with Crippen LogP contribution in [0.5, 0.6) is 5.75 Å². The lowest BCUT2D eigenvalue weighted by Crippen LogP contribution is -2.26. The molecule has 146 valence electrons. The first-order valence-electron chi connectivity index (χ1n) is 9.92. The standard InChI is InChI=1S/C22H26N4O2/c1-23-16-8-6-14(7-9-16)12-13-24-22(28)17-10-11-18(27)20-19(17)25-21(26-20)15-4-2-3-5-15/h6-11,15,23,27H,2-5,12-13H2,1H3,(H,24,28)(H,25,26). The van der Waals surface area contributed by atoms with Crippen molar-refractivity contribution in [1.82, 2.24) is 15.3 Å². The number of hydrogen-bond donors (Lipinski definition) is 4. The highest BCUT2D eigenvalue weighted by atomic mass is 16.3. The lowest BCUT2D eigenvalue weighted by Gasteiger charge is -2.07. The Hall–Kier alpha value is -3.02. The number of rotatable bonds is 6. The van der Waals surface area contributed by atoms with Gasteiger partial charge in [-0.05, 0) is 49.1 Å². The van der Waals surface area contributed by atoms with Crippen LogP contribution < -0.4 is 10.6 Å². The zero-order valence-corrected chi connectivity index (χ0v) is 16.1. The number of benzene rings is 2. The van der Waals surface area contributed by atoms with Gasteiger partial charge in [-0.25, -0.2) is 4.98 Å². The third kappa shape index (κ3) is 3.67. The maximum atomic E-state index is 12.7. The van der Waals surface area contributed by atoms with E-state index in [9.17, 15) is 9.90 Å². The van der Waals surface area contributed by atoms with Crippen LogP contribution in [-0.4, -0.2) is 34.6 Å². The second-order valence-corrected chi connectivity index (χ2v) is 7.41. The van der Waals surface area contributed by atoms with E-state index in [4.69, 9.17) is 0 Å². The molecule has 6 heteroatoms. The molecule has 0 atom stereocenters. The Kier molecular flexibility index (Phi) is 5.19. The Labute approximate surface area is 164 Å². The van der Waals surface area contributed by atoms with Crippen molar-refractivity contribution >= 4 is 22.6 Å². The monoisotopic (exact) mass is 378 g/mol. The molecule has 0 spiro atoms. The van der Waals surface area contributed by atoms with Crippen LogP contribution in [0.1, 0.15) is 53.3 Å². The van der Waals surface area contributed by atoms with Crippen LogP contribution >= 0.6 is 0 Å². The Balaban J connectivity index is 1.47. The lowest BCUT2D eigenvalue weighted by atomic mass is 10.1. The van der Waals surface area contributed by atoms with Crippen molar-refractivity contribution in [2.45, 2.75) is 38.0 Å². The van der Waals surface area contributed by atoms with Gasteiger partial charge in [0.15, 0.2) is 0 Å². The summed E-state index contributed by atoms with van der Waals surface area (Å²) in [5, 5.41) is 16.3. The predicted octanol–water partition coefficient (Wildman–Crippen LogP) is 3.94. The van der Waals surface area contributed by atoms with Crippen molar-refractivity contribution in [1.29, 1.82) is 0 Å². The van der Waals surface area contributed by atoms with E-state index in [0.717, 1.165) is 30.8 Å². The van der Waals surface area contributed by atoms with Gasteiger partial charge in [-0.1, -0.05) is 25.0 Å². The predicted molar refractivity (Wildman–Crippen MR) is 111 cm³/mol. The van der Waals surface area contributed by atoms with E-state index in [1.807, 2.05) is 19.2 Å². The van der Waals surface area contributed by atoms with E-state index in [1.54, 1.807) is 12.1 Å². The number of aromatic nitrogens is 2. The van der Waals surface area contributed by atoms with E-state index in [0.29, 0.717) is 29.1 Å². The molecular weight excluding hydrogens is 352 g/mol. The van der Waals surface area contributed by atoms with Crippen LogP contribution in [0.4, 0.5) is 5.69 Å². The number of phenols is 1. The van der Waals surface area contributed by atoms with Crippen molar-refractivity contribution in [3.8, 4) is 5.75 Å². The number of hydrogen-bond acceptors (Lipinski definition) is 4. The molecule has 1 saturated carbocycles. The van der Waals surface area contributed by atoms with Crippen LogP contribution in [-0.2, 0) is 6.42 Å². The summed E-state index contributed by atoms with van der Waals surface area (Å²) in [5.41, 5.74) is 3.84. The molecule has 1 aliphatic carbocycles. The molecule has 2 aromatic carbocycles. The summed E-state index contributed by atoms with van der Waals surface area (Å²) >= 11 is 0. The molecule has 1 heterocycles. The van der Waals surface area contributed by atoms with Gasteiger partial charge in [0.05, 0.1) is 5.56 Å². The second-order valence-electron chi connectivity index (χ2n) is 7.41. The van der Waals surface area contributed by atoms with E-state index < -0.39 is 0 Å². The highest BCUT2D eigenvalue weighted by Gasteiger charge is 2.23. The van der Waals surface area contributed by atoms with Gasteiger partial charge in [-0.15, -0.1) is 0 Å². The third-order valence-corrected chi connectivity index (χ3v) is 5.57. The normalized spacial score (nSPS) is 14.5. The number of anilines is 1. The first-order chi connectivity index (χ1) is 13.7. The van der Waals surface area contributed by atoms with Crippen molar-refractivity contribution in [3.05, 3.63) is 53.3 Å². The van der Waals surface area contributed by atoms with E-state index in [-0.39, 0.29) is 11.7 Å². The lowest BCUT2D eigenvalue weighted by molar-refractivity contribution is 0.0955. The van der Waals surface area contributed by atoms with Crippen molar-refractivity contribution in [2.75, 3.05) is 18.9 Å². The summed E-state index contributed by atoms with van der Waals surface area (Å²) in [5.74, 6) is 1.24. The Morgan fingerprint density at radius 2 is 1.93 bits per heavy atom. The minimum Gasteiger partial charge on any atom is -0.506 e. The van der Waals surface area contributed by atoms with Gasteiger partial charge >= 0.3 is 0 Å². The van der Waals surface area contributed by atoms with Crippen LogP contribution in [0.15, 0.2) is 36.4 Å². The SMILES string of the molecule is CNc1ccc(CCNC(=O)c2ccc(O)c3[nH]c(C4CCCC4)nc23)cc1. The van der Waals surface area contributed by atoms with Crippen LogP contribution in [0, 0.1) is 0 Å². The molecule has 0 unspecified atom stereocenters. The summed E-state index contributed by atoms with van der Waals surface area (Å²) in [6, 6.07) is 11.4. The molecule has 1 fully saturated rings. The molecule has 3 aromatic rings. The largest absolute Gasteiger partial charge is 0.506 e. The van der Waals surface area contributed by atoms with Crippen LogP contribution in [0.3, 0.4) is 0 Å². The fourth-order valence-electron chi connectivity index (χ4n) is 3.93. The molecule has 1 aliphatic rings. The highest BCUT2D eigenvalue weighted by Crippen LogP contribution is 2.35. The maximum absolute atomic E-state index is 12.7. The molecule has 4 rings (SSSR count). The number of carbonyl (C=O) groups excluding carboxylic acids is 1. The van der Waals surface area contributed by atoms with Gasteiger partial charge in [0.2, 0.25) is 0 Å². The van der Waals surface area contributed by atoms with E-state index in [1.165, 1.54) is 18.4 Å². The van der Waals surface area contributed by atoms with Gasteiger partial charge in [-0.2, -0.15) is 0 Å². The highest BCUT2D eigenvalue weighted by molar-refractivity contribution is 6.06. The smallest absolute Gasteiger partial charge is 0.253 e. The van der Waals surface area contributed by atoms with Gasteiger partial charge in [0, 0.05) is 25.2 Å². The van der Waals surface area contributed by atoms with Crippen molar-refractivity contribution in [2.24, 2.45) is 0 Å². The maximum Gasteiger partial charge on any atom is 0.253 e. The van der Waals surface area contributed by atoms with Crippen molar-refractivity contribution in [3.63, 3.8) is 0 Å². The number of fused-ring (bicyclic) bond motifs is 1. The minimum absolute atomic E-state index is 0.132. The summed E-state index contributed by atoms with van der Waals surface area (Å²) in [7, 11) is 1.89. The number of nitrogens with zero attached hydrogens (tertiary/aromatic N) is 1. The van der Waals surface area contributed by atoms with Crippen LogP contribution in [0.25, 0.3) is 11.0 Å². The molecule has 6 nitrogen and oxygen atoms in total. The average molecular weight is 378 g/mol. The number of aromatic amines is 1. The number of imidazole rings is 1. The summed E-state index contributed by atoms with van der Waals surface area (Å²) in [6.45, 7) is 0.542. The zero-order valence-electron chi connectivity index (χ0n) is 16.1. The summed E-state index contributed by atoms with van der Waals surface area (Å²) in [6.07, 6.45) is 5.38. The molecule has 28 heavy (non-hydrogen) atoms. The summed E-state index contributed by atoms with van der Waals surface area (Å²) in [4.78, 5) is 20.7. The first kappa shape index (κ1) is 18.3. The number of aromatic hydroxyl groups is 1. The molecule has 0 saturated heterocycles. The topological polar surface area (TPSA) is 90.0 Å². The fourth-order valence-corrected chi connectivity index (χ4v) is 3.93. The number of phenolic OH excluding ortho intramolecular Hbond substituents is 1. The second kappa shape index (κ2) is 7.92. The third-order valence-electron chi connectivity index (χ3n) is 5.57. The van der Waals surface area contributed by atoms with Gasteiger partial charge < -0.3 is 20.7 Å². The fraction of sp³-hybridized carbons (Fsp3) is 0.364. The van der Waals surface area contributed by atoms with Gasteiger partial charge in [0.25, 0.3) is 5.91 Å². The molecule has 0 aliphatic heterocycles. The van der Waals surface area contributed by atoms with E-state index >= 15 is 0 Å².